The molecular formula is C23H22BrN3O5S. The van der Waals surface area contributed by atoms with Crippen molar-refractivity contribution in [2.24, 2.45) is 0 Å². The SMILES string of the molecule is CN(C)c1ccc(CNS(=O)(=O)c2ccc(C(=O)Nc3ccc(Br)cc3C(=O)O)cc2)cc1. The highest BCUT2D eigenvalue weighted by molar-refractivity contribution is 9.10. The number of benzene rings is 3. The summed E-state index contributed by atoms with van der Waals surface area (Å²) in [5.74, 6) is -1.74. The monoisotopic (exact) mass is 531 g/mol. The molecule has 0 aliphatic heterocycles. The first-order valence-electron chi connectivity index (χ1n) is 9.77. The van der Waals surface area contributed by atoms with Crippen LogP contribution in [0.4, 0.5) is 11.4 Å². The van der Waals surface area contributed by atoms with Crippen molar-refractivity contribution in [3.8, 4) is 0 Å². The lowest BCUT2D eigenvalue weighted by atomic mass is 10.1. The van der Waals surface area contributed by atoms with Crippen molar-refractivity contribution < 1.29 is 23.1 Å². The summed E-state index contributed by atoms with van der Waals surface area (Å²) in [6, 6.07) is 17.3. The molecule has 0 aliphatic carbocycles. The second-order valence-corrected chi connectivity index (χ2v) is 10.0. The Kier molecular flexibility index (Phi) is 7.52. The van der Waals surface area contributed by atoms with E-state index in [-0.39, 0.29) is 28.3 Å². The number of nitrogens with one attached hydrogen (secondary N) is 2. The van der Waals surface area contributed by atoms with E-state index in [1.54, 1.807) is 6.07 Å². The van der Waals surface area contributed by atoms with Gasteiger partial charge in [0, 0.05) is 36.4 Å². The van der Waals surface area contributed by atoms with E-state index in [0.29, 0.717) is 4.47 Å². The normalized spacial score (nSPS) is 11.1. The van der Waals surface area contributed by atoms with Crippen LogP contribution in [0, 0.1) is 0 Å². The fourth-order valence-electron chi connectivity index (χ4n) is 2.96. The van der Waals surface area contributed by atoms with Crippen molar-refractivity contribution in [2.75, 3.05) is 24.3 Å². The highest BCUT2D eigenvalue weighted by Gasteiger charge is 2.17. The lowest BCUT2D eigenvalue weighted by molar-refractivity contribution is 0.0698. The van der Waals surface area contributed by atoms with Gasteiger partial charge in [-0.3, -0.25) is 4.79 Å². The largest absolute Gasteiger partial charge is 0.478 e. The standard InChI is InChI=1S/C23H22BrN3O5S/c1-27(2)18-8-3-15(4-9-18)14-25-33(31,32)19-10-5-16(6-11-19)22(28)26-21-12-7-17(24)13-20(21)23(29)30/h3-13,25H,14H2,1-2H3,(H,26,28)(H,29,30). The van der Waals surface area contributed by atoms with Gasteiger partial charge in [0.1, 0.15) is 0 Å². The molecule has 0 atom stereocenters. The fraction of sp³-hybridized carbons (Fsp3) is 0.130. The van der Waals surface area contributed by atoms with Gasteiger partial charge in [-0.15, -0.1) is 0 Å². The van der Waals surface area contributed by atoms with Gasteiger partial charge < -0.3 is 15.3 Å². The molecule has 0 bridgehead atoms. The Balaban J connectivity index is 1.68. The molecule has 0 aliphatic rings. The van der Waals surface area contributed by atoms with E-state index in [0.717, 1.165) is 11.3 Å². The number of hydrogen-bond acceptors (Lipinski definition) is 5. The Morgan fingerprint density at radius 3 is 2.18 bits per heavy atom. The first kappa shape index (κ1) is 24.4. The van der Waals surface area contributed by atoms with Crippen LogP contribution in [0.15, 0.2) is 76.1 Å². The number of hydrogen-bond donors (Lipinski definition) is 3. The maximum atomic E-state index is 12.6. The number of carboxylic acid groups (broad SMARTS) is 1. The number of aromatic carboxylic acids is 1. The van der Waals surface area contributed by atoms with Gasteiger partial charge in [0.25, 0.3) is 5.91 Å². The molecule has 3 N–H and O–H groups in total. The van der Waals surface area contributed by atoms with Gasteiger partial charge in [0.05, 0.1) is 16.1 Å². The first-order chi connectivity index (χ1) is 15.6. The molecule has 0 radical (unpaired) electrons. The number of amides is 1. The summed E-state index contributed by atoms with van der Waals surface area (Å²) < 4.78 is 28.3. The highest BCUT2D eigenvalue weighted by atomic mass is 79.9. The number of rotatable bonds is 8. The number of nitrogens with zero attached hydrogens (tertiary/aromatic N) is 1. The summed E-state index contributed by atoms with van der Waals surface area (Å²) in [6.45, 7) is 0.125. The molecule has 0 saturated heterocycles. The van der Waals surface area contributed by atoms with Gasteiger partial charge in [0.15, 0.2) is 0 Å². The maximum Gasteiger partial charge on any atom is 0.337 e. The molecule has 8 nitrogen and oxygen atoms in total. The second kappa shape index (κ2) is 10.2. The quantitative estimate of drug-likeness (QED) is 0.405. The van der Waals surface area contributed by atoms with Gasteiger partial charge in [-0.05, 0) is 60.2 Å². The molecule has 3 aromatic carbocycles. The molecule has 1 amide bonds. The Morgan fingerprint density at radius 2 is 1.61 bits per heavy atom. The number of carboxylic acids is 1. The molecule has 3 rings (SSSR count). The lowest BCUT2D eigenvalue weighted by Gasteiger charge is -2.13. The number of carbonyl (C=O) groups excluding carboxylic acids is 1. The van der Waals surface area contributed by atoms with Gasteiger partial charge in [-0.25, -0.2) is 17.9 Å². The Labute approximate surface area is 200 Å². The van der Waals surface area contributed by atoms with Gasteiger partial charge in [-0.2, -0.15) is 0 Å². The van der Waals surface area contributed by atoms with Crippen LogP contribution in [0.1, 0.15) is 26.3 Å². The number of sulfonamides is 1. The Hall–Kier alpha value is -3.21. The van der Waals surface area contributed by atoms with Crippen LogP contribution < -0.4 is 14.9 Å². The van der Waals surface area contributed by atoms with Gasteiger partial charge >= 0.3 is 5.97 Å². The van der Waals surface area contributed by atoms with E-state index in [4.69, 9.17) is 0 Å². The summed E-state index contributed by atoms with van der Waals surface area (Å²) in [5, 5.41) is 11.9. The predicted molar refractivity (Wildman–Crippen MR) is 130 cm³/mol. The number of halogens is 1. The summed E-state index contributed by atoms with van der Waals surface area (Å²) in [5.41, 5.74) is 2.07. The molecule has 172 valence electrons. The number of anilines is 2. The molecule has 0 heterocycles. The molecule has 0 unspecified atom stereocenters. The maximum absolute atomic E-state index is 12.6. The van der Waals surface area contributed by atoms with Crippen LogP contribution in [-0.4, -0.2) is 39.5 Å². The third kappa shape index (κ3) is 6.19. The zero-order valence-electron chi connectivity index (χ0n) is 17.9. The molecule has 0 aromatic heterocycles. The van der Waals surface area contributed by atoms with Crippen LogP contribution in [-0.2, 0) is 16.6 Å². The van der Waals surface area contributed by atoms with Crippen molar-refractivity contribution in [2.45, 2.75) is 11.4 Å². The minimum atomic E-state index is -3.78. The number of carbonyl (C=O) groups is 2. The Morgan fingerprint density at radius 1 is 0.970 bits per heavy atom. The molecule has 0 saturated carbocycles. The topological polar surface area (TPSA) is 116 Å². The van der Waals surface area contributed by atoms with Crippen LogP contribution in [0.2, 0.25) is 0 Å². The third-order valence-electron chi connectivity index (χ3n) is 4.81. The molecule has 10 heteroatoms. The highest BCUT2D eigenvalue weighted by Crippen LogP contribution is 2.22. The minimum absolute atomic E-state index is 0.0128. The molecule has 33 heavy (non-hydrogen) atoms. The first-order valence-corrected chi connectivity index (χ1v) is 12.0. The summed E-state index contributed by atoms with van der Waals surface area (Å²) >= 11 is 3.20. The van der Waals surface area contributed by atoms with Gasteiger partial charge in [0.2, 0.25) is 10.0 Å². The summed E-state index contributed by atoms with van der Waals surface area (Å²) in [6.07, 6.45) is 0. The van der Waals surface area contributed by atoms with E-state index in [1.807, 2.05) is 43.3 Å². The van der Waals surface area contributed by atoms with E-state index in [2.05, 4.69) is 26.0 Å². The van der Waals surface area contributed by atoms with Crippen molar-refractivity contribution in [3.63, 3.8) is 0 Å². The zero-order chi connectivity index (χ0) is 24.2. The zero-order valence-corrected chi connectivity index (χ0v) is 20.3. The molecule has 0 spiro atoms. The fourth-order valence-corrected chi connectivity index (χ4v) is 4.33. The van der Waals surface area contributed by atoms with E-state index in [9.17, 15) is 23.1 Å². The predicted octanol–water partition coefficient (Wildman–Crippen LogP) is 3.94. The summed E-state index contributed by atoms with van der Waals surface area (Å²) in [7, 11) is 0.0604. The van der Waals surface area contributed by atoms with Crippen molar-refractivity contribution >= 4 is 49.2 Å². The van der Waals surface area contributed by atoms with E-state index >= 15 is 0 Å². The molecule has 3 aromatic rings. The minimum Gasteiger partial charge on any atom is -0.478 e. The van der Waals surface area contributed by atoms with Gasteiger partial charge in [-0.1, -0.05) is 28.1 Å². The smallest absolute Gasteiger partial charge is 0.337 e. The average Bonchev–Trinajstić information content (AvgIpc) is 2.79. The lowest BCUT2D eigenvalue weighted by Crippen LogP contribution is -2.23. The van der Waals surface area contributed by atoms with E-state index < -0.39 is 21.9 Å². The van der Waals surface area contributed by atoms with Crippen LogP contribution in [0.25, 0.3) is 0 Å². The summed E-state index contributed by atoms with van der Waals surface area (Å²) in [4.78, 5) is 25.9. The van der Waals surface area contributed by atoms with Crippen molar-refractivity contribution in [3.05, 3.63) is 87.9 Å². The molecular weight excluding hydrogens is 510 g/mol. The van der Waals surface area contributed by atoms with Crippen molar-refractivity contribution in [1.82, 2.24) is 4.72 Å². The van der Waals surface area contributed by atoms with Crippen LogP contribution in [0.5, 0.6) is 0 Å². The Bertz CT molecular complexity index is 1270. The average molecular weight is 532 g/mol. The second-order valence-electron chi connectivity index (χ2n) is 7.36. The molecule has 0 fully saturated rings. The third-order valence-corrected chi connectivity index (χ3v) is 6.72. The van der Waals surface area contributed by atoms with E-state index in [1.165, 1.54) is 36.4 Å². The van der Waals surface area contributed by atoms with Crippen LogP contribution in [0.3, 0.4) is 0 Å². The van der Waals surface area contributed by atoms with Crippen molar-refractivity contribution in [1.29, 1.82) is 0 Å². The van der Waals surface area contributed by atoms with Crippen LogP contribution >= 0.6 is 15.9 Å².